The molecule has 0 spiro atoms. The number of aromatic hydroxyl groups is 3. The van der Waals surface area contributed by atoms with E-state index in [2.05, 4.69) is 27.1 Å². The highest BCUT2D eigenvalue weighted by Gasteiger charge is 2.49. The van der Waals surface area contributed by atoms with Gasteiger partial charge in [0.1, 0.15) is 12.2 Å². The largest absolute Gasteiger partial charge is 0.504 e. The first-order valence-corrected chi connectivity index (χ1v) is 18.6. The topological polar surface area (TPSA) is 178 Å². The molecule has 3 heterocycles. The van der Waals surface area contributed by atoms with Crippen LogP contribution in [0.1, 0.15) is 68.2 Å². The number of pyridine rings is 1. The molecule has 0 amide bonds. The van der Waals surface area contributed by atoms with E-state index >= 15 is 0 Å². The molecule has 2 aromatic carbocycles. The average Bonchev–Trinajstić information content (AvgIpc) is 3.17. The van der Waals surface area contributed by atoms with E-state index in [0.717, 1.165) is 43.2 Å². The number of carbonyl (C=O) groups excluding carboxylic acids is 1. The molecular formula is C41H48N4O8. The molecule has 7 rings (SSSR count). The minimum Gasteiger partial charge on any atom is -0.504 e. The van der Waals surface area contributed by atoms with E-state index in [1.54, 1.807) is 31.6 Å². The lowest BCUT2D eigenvalue weighted by Crippen LogP contribution is -2.52. The third-order valence-corrected chi connectivity index (χ3v) is 11.2. The Kier molecular flexibility index (Phi) is 10.8. The second-order valence-electron chi connectivity index (χ2n) is 14.6. The molecule has 6 N–H and O–H groups in total. The average molecular weight is 725 g/mol. The molecule has 2 aliphatic heterocycles. The van der Waals surface area contributed by atoms with Gasteiger partial charge in [-0.1, -0.05) is 24.0 Å². The van der Waals surface area contributed by atoms with E-state index in [-0.39, 0.29) is 77.5 Å². The number of nitrogens with two attached hydrogens (primary N) is 1. The van der Waals surface area contributed by atoms with Crippen LogP contribution >= 0.6 is 0 Å². The zero-order valence-electron chi connectivity index (χ0n) is 30.1. The smallest absolute Gasteiger partial charge is 0.302 e. The number of nitrogens with one attached hydrogen (secondary N) is 1. The molecule has 3 aromatic rings. The maximum absolute atomic E-state index is 12.5. The summed E-state index contributed by atoms with van der Waals surface area (Å²) >= 11 is 0. The fraction of sp³-hybridized carbons (Fsp3) is 0.488. The van der Waals surface area contributed by atoms with Crippen LogP contribution in [0.3, 0.4) is 0 Å². The zero-order valence-corrected chi connectivity index (χ0v) is 30.1. The van der Waals surface area contributed by atoms with Crippen LogP contribution < -0.4 is 20.5 Å². The maximum atomic E-state index is 12.5. The van der Waals surface area contributed by atoms with Crippen molar-refractivity contribution in [2.24, 2.45) is 34.4 Å². The van der Waals surface area contributed by atoms with E-state index in [9.17, 15) is 20.1 Å². The third kappa shape index (κ3) is 8.10. The Hall–Kier alpha value is -5.15. The summed E-state index contributed by atoms with van der Waals surface area (Å²) in [6.07, 6.45) is 7.41. The van der Waals surface area contributed by atoms with Crippen molar-refractivity contribution < 1.29 is 39.1 Å². The van der Waals surface area contributed by atoms with Gasteiger partial charge < -0.3 is 45.3 Å². The summed E-state index contributed by atoms with van der Waals surface area (Å²) in [5.74, 6) is 6.73. The minimum atomic E-state index is -0.580. The summed E-state index contributed by atoms with van der Waals surface area (Å²) in [5.41, 5.74) is 8.69. The highest BCUT2D eigenvalue weighted by atomic mass is 16.6. The zero-order chi connectivity index (χ0) is 37.1. The standard InChI is InChI=1S/C41H48N4O8/c1-23(46)51-36-21-35(27-19-33(48)39(49)38(20-27)50-16-14-24-5-4-15-44-22-24)53-40-29(36)12-10-26-9-11-28-31(45-41(42)43-2)6-3-7-34(28)52-37-18-25(17-30(26)40)8-13-32(37)47/h4-5,8,13,15,18-20,22,26,28-31,34-36,40,47-49H,3,6-7,10,12,14,16-17,21H2,1-2H3,(H3,42,43,45)/t26-,28+,29+,30-,31+,34-,35+,36+,40-/m1/s1. The number of nitrogens with zero attached hydrogens (tertiary/aromatic N) is 2. The predicted octanol–water partition coefficient (Wildman–Crippen LogP) is 4.93. The van der Waals surface area contributed by atoms with Gasteiger partial charge in [0.25, 0.3) is 0 Å². The van der Waals surface area contributed by atoms with Crippen molar-refractivity contribution in [3.8, 4) is 40.6 Å². The lowest BCUT2D eigenvalue weighted by atomic mass is 9.66. The maximum Gasteiger partial charge on any atom is 0.302 e. The number of phenols is 3. The summed E-state index contributed by atoms with van der Waals surface area (Å²) in [7, 11) is 1.65. The minimum absolute atomic E-state index is 0.0525. The first kappa shape index (κ1) is 36.2. The molecule has 2 bridgehead atoms. The highest BCUT2D eigenvalue weighted by Crippen LogP contribution is 2.50. The van der Waals surface area contributed by atoms with Crippen molar-refractivity contribution in [2.45, 2.75) is 88.7 Å². The van der Waals surface area contributed by atoms with Gasteiger partial charge in [0, 0.05) is 63.0 Å². The van der Waals surface area contributed by atoms with E-state index < -0.39 is 12.2 Å². The van der Waals surface area contributed by atoms with Crippen molar-refractivity contribution in [1.82, 2.24) is 10.3 Å². The first-order valence-electron chi connectivity index (χ1n) is 18.6. The molecular weight excluding hydrogens is 676 g/mol. The van der Waals surface area contributed by atoms with Gasteiger partial charge in [0.15, 0.2) is 29.0 Å². The third-order valence-electron chi connectivity index (χ3n) is 11.2. The lowest BCUT2D eigenvalue weighted by molar-refractivity contribution is -0.196. The number of aromatic nitrogens is 1. The molecule has 280 valence electrons. The summed E-state index contributed by atoms with van der Waals surface area (Å²) in [4.78, 5) is 20.8. The molecule has 9 atom stereocenters. The monoisotopic (exact) mass is 724 g/mol. The van der Waals surface area contributed by atoms with Gasteiger partial charge in [-0.2, -0.15) is 0 Å². The molecule has 0 unspecified atom stereocenters. The number of fused-ring (bicyclic) bond motifs is 6. The number of hydrogen-bond donors (Lipinski definition) is 5. The second kappa shape index (κ2) is 15.8. The first-order chi connectivity index (χ1) is 25.7. The summed E-state index contributed by atoms with van der Waals surface area (Å²) < 4.78 is 25.5. The molecule has 3 fully saturated rings. The van der Waals surface area contributed by atoms with Crippen molar-refractivity contribution >= 4 is 11.9 Å². The van der Waals surface area contributed by atoms with Crippen LogP contribution in [0, 0.1) is 35.5 Å². The van der Waals surface area contributed by atoms with Gasteiger partial charge >= 0.3 is 5.97 Å². The second-order valence-corrected chi connectivity index (χ2v) is 14.6. The van der Waals surface area contributed by atoms with Crippen LogP contribution in [0.5, 0.6) is 28.7 Å². The predicted molar refractivity (Wildman–Crippen MR) is 197 cm³/mol. The summed E-state index contributed by atoms with van der Waals surface area (Å²) in [5, 5.41) is 35.8. The molecule has 12 nitrogen and oxygen atoms in total. The van der Waals surface area contributed by atoms with Crippen LogP contribution in [-0.2, 0) is 27.1 Å². The Morgan fingerprint density at radius 2 is 1.94 bits per heavy atom. The van der Waals surface area contributed by atoms with Crippen LogP contribution in [-0.4, -0.2) is 70.2 Å². The van der Waals surface area contributed by atoms with Gasteiger partial charge in [-0.3, -0.25) is 14.8 Å². The Labute approximate surface area is 309 Å². The SMILES string of the molecule is CN=C(N)N[C@H]1CCC[C@H]2Oc3cc(ccc3O)C[C@H]3[C@@H]4O[C@H](c5cc(O)c(O)c(OCCc6cccnc6)c5)C[C@H](OC(C)=O)[C@@H]4CC[C@H]3C#C[C@@H]12. The van der Waals surface area contributed by atoms with Crippen LogP contribution in [0.25, 0.3) is 0 Å². The molecule has 2 saturated carbocycles. The van der Waals surface area contributed by atoms with Crippen LogP contribution in [0.15, 0.2) is 59.9 Å². The number of guanidine groups is 1. The molecule has 0 radical (unpaired) electrons. The fourth-order valence-corrected chi connectivity index (χ4v) is 8.58. The quantitative estimate of drug-likeness (QED) is 0.0734. The Morgan fingerprint density at radius 3 is 2.74 bits per heavy atom. The van der Waals surface area contributed by atoms with Gasteiger partial charge in [-0.05, 0) is 85.5 Å². The van der Waals surface area contributed by atoms with Crippen molar-refractivity contribution in [2.75, 3.05) is 13.7 Å². The Morgan fingerprint density at radius 1 is 1.08 bits per heavy atom. The number of esters is 1. The van der Waals surface area contributed by atoms with Crippen LogP contribution in [0.4, 0.5) is 0 Å². The highest BCUT2D eigenvalue weighted by molar-refractivity contribution is 5.78. The van der Waals surface area contributed by atoms with Gasteiger partial charge in [0.05, 0.1) is 24.7 Å². The number of phenolic OH excluding ortho intramolecular Hbond substituents is 3. The number of hydrogen-bond acceptors (Lipinski definition) is 10. The fourth-order valence-electron chi connectivity index (χ4n) is 8.58. The van der Waals surface area contributed by atoms with Crippen molar-refractivity contribution in [3.05, 3.63) is 71.5 Å². The summed E-state index contributed by atoms with van der Waals surface area (Å²) in [6.45, 7) is 1.68. The number of benzene rings is 2. The van der Waals surface area contributed by atoms with E-state index in [1.165, 1.54) is 13.0 Å². The number of rotatable bonds is 7. The molecule has 1 aromatic heterocycles. The van der Waals surface area contributed by atoms with E-state index in [1.807, 2.05) is 24.3 Å². The van der Waals surface area contributed by atoms with Gasteiger partial charge in [-0.25, -0.2) is 0 Å². The summed E-state index contributed by atoms with van der Waals surface area (Å²) in [6, 6.07) is 12.4. The lowest BCUT2D eigenvalue weighted by Gasteiger charge is -2.49. The molecule has 1 saturated heterocycles. The van der Waals surface area contributed by atoms with Crippen molar-refractivity contribution in [1.29, 1.82) is 0 Å². The Bertz CT molecular complexity index is 1880. The normalized spacial score (nSPS) is 29.3. The molecule has 2 aliphatic carbocycles. The number of carbonyl (C=O) groups is 1. The number of ether oxygens (including phenoxy) is 4. The van der Waals surface area contributed by atoms with E-state index in [4.69, 9.17) is 24.7 Å². The van der Waals surface area contributed by atoms with Gasteiger partial charge in [-0.15, -0.1) is 0 Å². The Balaban J connectivity index is 1.22. The molecule has 12 heteroatoms. The molecule has 4 aliphatic rings. The number of aliphatic imine (C=N–C) groups is 1. The van der Waals surface area contributed by atoms with Crippen molar-refractivity contribution in [3.63, 3.8) is 0 Å². The van der Waals surface area contributed by atoms with Crippen LogP contribution in [0.2, 0.25) is 0 Å². The van der Waals surface area contributed by atoms with E-state index in [0.29, 0.717) is 36.5 Å². The molecule has 53 heavy (non-hydrogen) atoms. The van der Waals surface area contributed by atoms with Gasteiger partial charge in [0.2, 0.25) is 5.75 Å².